The standard InChI is InChI=1S/C22H16BrN5/c23-19-10-8-18(9-11-19)21-13-20(17-6-2-1-3-7-17)26-22(27-21)28-25-15-16-5-4-12-24-14-16/h1-15H,(H,26,27,28)/b25-15+. The number of rotatable bonds is 5. The lowest BCUT2D eigenvalue weighted by Gasteiger charge is -2.08. The van der Waals surface area contributed by atoms with E-state index < -0.39 is 0 Å². The fraction of sp³-hybridized carbons (Fsp3) is 0. The highest BCUT2D eigenvalue weighted by molar-refractivity contribution is 9.10. The van der Waals surface area contributed by atoms with Crippen molar-refractivity contribution >= 4 is 28.1 Å². The Balaban J connectivity index is 1.69. The second kappa shape index (κ2) is 8.54. The Morgan fingerprint density at radius 2 is 1.54 bits per heavy atom. The number of anilines is 1. The lowest BCUT2D eigenvalue weighted by molar-refractivity contribution is 1.12. The van der Waals surface area contributed by atoms with Crippen molar-refractivity contribution in [2.45, 2.75) is 0 Å². The number of aromatic nitrogens is 3. The lowest BCUT2D eigenvalue weighted by Crippen LogP contribution is -2.00. The van der Waals surface area contributed by atoms with E-state index in [0.717, 1.165) is 32.6 Å². The van der Waals surface area contributed by atoms with Crippen molar-refractivity contribution in [2.75, 3.05) is 5.43 Å². The number of hydrogen-bond donors (Lipinski definition) is 1. The van der Waals surface area contributed by atoms with E-state index in [9.17, 15) is 0 Å². The summed E-state index contributed by atoms with van der Waals surface area (Å²) >= 11 is 3.47. The van der Waals surface area contributed by atoms with Crippen LogP contribution in [-0.2, 0) is 0 Å². The molecule has 0 aliphatic rings. The number of nitrogens with one attached hydrogen (secondary N) is 1. The molecule has 2 aromatic heterocycles. The van der Waals surface area contributed by atoms with E-state index in [1.807, 2.05) is 72.8 Å². The van der Waals surface area contributed by atoms with Crippen LogP contribution in [0.4, 0.5) is 5.95 Å². The summed E-state index contributed by atoms with van der Waals surface area (Å²) in [4.78, 5) is 13.3. The van der Waals surface area contributed by atoms with Gasteiger partial charge in [0.25, 0.3) is 0 Å². The number of hydrazone groups is 1. The average molecular weight is 430 g/mol. The van der Waals surface area contributed by atoms with Gasteiger partial charge in [-0.05, 0) is 24.3 Å². The summed E-state index contributed by atoms with van der Waals surface area (Å²) in [5, 5.41) is 4.25. The highest BCUT2D eigenvalue weighted by Crippen LogP contribution is 2.26. The van der Waals surface area contributed by atoms with Gasteiger partial charge in [0.2, 0.25) is 5.95 Å². The molecule has 0 aliphatic carbocycles. The maximum Gasteiger partial charge on any atom is 0.244 e. The third-order valence-corrected chi connectivity index (χ3v) is 4.53. The molecule has 6 heteroatoms. The quantitative estimate of drug-likeness (QED) is 0.340. The minimum Gasteiger partial charge on any atom is -0.264 e. The summed E-state index contributed by atoms with van der Waals surface area (Å²) in [7, 11) is 0. The Bertz CT molecular complexity index is 1080. The molecule has 2 aromatic carbocycles. The third kappa shape index (κ3) is 4.47. The number of halogens is 1. The maximum atomic E-state index is 4.62. The maximum absolute atomic E-state index is 4.62. The molecule has 1 N–H and O–H groups in total. The van der Waals surface area contributed by atoms with E-state index in [1.165, 1.54) is 0 Å². The second-order valence-corrected chi connectivity index (χ2v) is 6.91. The molecule has 0 spiro atoms. The van der Waals surface area contributed by atoms with Crippen molar-refractivity contribution in [3.63, 3.8) is 0 Å². The van der Waals surface area contributed by atoms with Crippen molar-refractivity contribution in [3.05, 3.63) is 95.2 Å². The van der Waals surface area contributed by atoms with E-state index in [4.69, 9.17) is 0 Å². The molecule has 4 rings (SSSR count). The lowest BCUT2D eigenvalue weighted by atomic mass is 10.1. The Morgan fingerprint density at radius 1 is 0.821 bits per heavy atom. The molecule has 4 aromatic rings. The van der Waals surface area contributed by atoms with E-state index >= 15 is 0 Å². The molecule has 0 unspecified atom stereocenters. The van der Waals surface area contributed by atoms with Crippen LogP contribution in [0.1, 0.15) is 5.56 Å². The zero-order valence-corrected chi connectivity index (χ0v) is 16.4. The summed E-state index contributed by atoms with van der Waals surface area (Å²) in [5.74, 6) is 0.430. The van der Waals surface area contributed by atoms with Crippen LogP contribution >= 0.6 is 15.9 Å². The van der Waals surface area contributed by atoms with Crippen molar-refractivity contribution in [1.82, 2.24) is 15.0 Å². The molecule has 0 atom stereocenters. The third-order valence-electron chi connectivity index (χ3n) is 4.00. The predicted octanol–water partition coefficient (Wildman–Crippen LogP) is 5.41. The normalized spacial score (nSPS) is 10.9. The van der Waals surface area contributed by atoms with Crippen LogP contribution in [0.5, 0.6) is 0 Å². The van der Waals surface area contributed by atoms with Crippen LogP contribution in [0.25, 0.3) is 22.5 Å². The molecular weight excluding hydrogens is 414 g/mol. The van der Waals surface area contributed by atoms with Crippen molar-refractivity contribution in [2.24, 2.45) is 5.10 Å². The van der Waals surface area contributed by atoms with Gasteiger partial charge in [0.05, 0.1) is 17.6 Å². The zero-order chi connectivity index (χ0) is 19.2. The van der Waals surface area contributed by atoms with E-state index in [0.29, 0.717) is 5.95 Å². The number of pyridine rings is 1. The summed E-state index contributed by atoms with van der Waals surface area (Å²) in [6.07, 6.45) is 5.15. The van der Waals surface area contributed by atoms with Crippen molar-refractivity contribution < 1.29 is 0 Å². The molecule has 0 saturated carbocycles. The Labute approximate surface area is 171 Å². The Hall–Kier alpha value is -3.38. The summed E-state index contributed by atoms with van der Waals surface area (Å²) < 4.78 is 1.02. The van der Waals surface area contributed by atoms with Gasteiger partial charge in [-0.1, -0.05) is 64.5 Å². The topological polar surface area (TPSA) is 63.1 Å². The molecule has 5 nitrogen and oxygen atoms in total. The minimum atomic E-state index is 0.430. The first-order valence-electron chi connectivity index (χ1n) is 8.67. The fourth-order valence-electron chi connectivity index (χ4n) is 2.64. The van der Waals surface area contributed by atoms with Gasteiger partial charge in [-0.3, -0.25) is 4.98 Å². The number of nitrogens with zero attached hydrogens (tertiary/aromatic N) is 4. The zero-order valence-electron chi connectivity index (χ0n) is 14.8. The summed E-state index contributed by atoms with van der Waals surface area (Å²) in [6.45, 7) is 0. The van der Waals surface area contributed by atoms with E-state index in [2.05, 4.69) is 41.4 Å². The first kappa shape index (κ1) is 18.0. The van der Waals surface area contributed by atoms with Gasteiger partial charge in [0.15, 0.2) is 0 Å². The van der Waals surface area contributed by atoms with Crippen LogP contribution in [-0.4, -0.2) is 21.2 Å². The SMILES string of the molecule is Brc1ccc(-c2cc(-c3ccccc3)nc(N/N=C/c3cccnc3)n2)cc1. The Kier molecular flexibility index (Phi) is 5.49. The summed E-state index contributed by atoms with van der Waals surface area (Å²) in [6, 6.07) is 23.8. The van der Waals surface area contributed by atoms with Gasteiger partial charge in [-0.2, -0.15) is 5.10 Å². The molecule has 0 radical (unpaired) electrons. The van der Waals surface area contributed by atoms with Gasteiger partial charge in [0, 0.05) is 33.6 Å². The van der Waals surface area contributed by atoms with Crippen molar-refractivity contribution in [3.8, 4) is 22.5 Å². The van der Waals surface area contributed by atoms with Crippen LogP contribution < -0.4 is 5.43 Å². The monoisotopic (exact) mass is 429 g/mol. The number of hydrogen-bond acceptors (Lipinski definition) is 5. The van der Waals surface area contributed by atoms with Gasteiger partial charge < -0.3 is 0 Å². The predicted molar refractivity (Wildman–Crippen MR) is 116 cm³/mol. The van der Waals surface area contributed by atoms with Gasteiger partial charge in [-0.25, -0.2) is 15.4 Å². The van der Waals surface area contributed by atoms with E-state index in [-0.39, 0.29) is 0 Å². The average Bonchev–Trinajstić information content (AvgIpc) is 2.75. The molecule has 2 heterocycles. The smallest absolute Gasteiger partial charge is 0.244 e. The molecule has 0 bridgehead atoms. The van der Waals surface area contributed by atoms with Gasteiger partial charge in [0.1, 0.15) is 0 Å². The molecule has 0 amide bonds. The first-order valence-corrected chi connectivity index (χ1v) is 9.47. The van der Waals surface area contributed by atoms with Gasteiger partial charge >= 0.3 is 0 Å². The fourth-order valence-corrected chi connectivity index (χ4v) is 2.90. The van der Waals surface area contributed by atoms with Crippen molar-refractivity contribution in [1.29, 1.82) is 0 Å². The van der Waals surface area contributed by atoms with Crippen LogP contribution in [0.15, 0.2) is 94.8 Å². The summed E-state index contributed by atoms with van der Waals surface area (Å²) in [5.41, 5.74) is 7.49. The van der Waals surface area contributed by atoms with Crippen LogP contribution in [0.2, 0.25) is 0 Å². The molecule has 28 heavy (non-hydrogen) atoms. The highest BCUT2D eigenvalue weighted by Gasteiger charge is 2.08. The Morgan fingerprint density at radius 3 is 2.21 bits per heavy atom. The largest absolute Gasteiger partial charge is 0.264 e. The molecule has 0 aliphatic heterocycles. The van der Waals surface area contributed by atoms with Crippen LogP contribution in [0.3, 0.4) is 0 Å². The molecular formula is C22H16BrN5. The van der Waals surface area contributed by atoms with Gasteiger partial charge in [-0.15, -0.1) is 0 Å². The second-order valence-electron chi connectivity index (χ2n) is 5.99. The first-order chi connectivity index (χ1) is 13.8. The minimum absolute atomic E-state index is 0.430. The highest BCUT2D eigenvalue weighted by atomic mass is 79.9. The molecule has 0 saturated heterocycles. The molecule has 0 fully saturated rings. The number of benzene rings is 2. The molecule has 136 valence electrons. The van der Waals surface area contributed by atoms with Crippen LogP contribution in [0, 0.1) is 0 Å². The van der Waals surface area contributed by atoms with E-state index in [1.54, 1.807) is 18.6 Å².